The van der Waals surface area contributed by atoms with Crippen LogP contribution in [0.3, 0.4) is 0 Å². The van der Waals surface area contributed by atoms with Crippen molar-refractivity contribution in [3.8, 4) is 11.1 Å². The van der Waals surface area contributed by atoms with Crippen molar-refractivity contribution in [3.63, 3.8) is 0 Å². The van der Waals surface area contributed by atoms with Gasteiger partial charge in [-0.05, 0) is 94.4 Å². The lowest BCUT2D eigenvalue weighted by Gasteiger charge is -2.10. The molecule has 0 aliphatic heterocycles. The molecule has 0 aliphatic carbocycles. The Labute approximate surface area is 273 Å². The van der Waals surface area contributed by atoms with E-state index >= 15 is 0 Å². The number of benzene rings is 4. The molecule has 1 aromatic heterocycles. The van der Waals surface area contributed by atoms with E-state index in [0.717, 1.165) is 34.5 Å². The molecule has 0 amide bonds. The summed E-state index contributed by atoms with van der Waals surface area (Å²) in [5.74, 6) is 0. The minimum absolute atomic E-state index is 0.569. The molecule has 0 fully saturated rings. The largest absolute Gasteiger partial charge is 0.280 e. The molecule has 4 aromatic carbocycles. The number of rotatable bonds is 12. The maximum Gasteiger partial charge on any atom is 0.0668 e. The standard InChI is InChI=1S/C43H41N3/c1-5-12-34-20-19-32(28-33(34)7-3)30-46-43(29-40(44-4)26-25-35(13-6-2)39-16-11-27-45-31-39)38-23-21-37(22-24-38)42-18-10-15-36-14-8-9-17-41(36)42/h5-6,8-25,27-29,31H,4,7,26,30H2,1-3H3/b12-5-,13-6-,35-25+,40-29-,46-43+. The third-order valence-electron chi connectivity index (χ3n) is 8.03. The zero-order valence-corrected chi connectivity index (χ0v) is 27.0. The number of aryl methyl sites for hydroxylation is 1. The summed E-state index contributed by atoms with van der Waals surface area (Å²) in [6, 6.07) is 34.4. The first-order valence-electron chi connectivity index (χ1n) is 15.9. The maximum atomic E-state index is 5.17. The molecule has 5 aromatic rings. The van der Waals surface area contributed by atoms with Crippen LogP contribution in [-0.2, 0) is 13.0 Å². The molecule has 0 aliphatic rings. The van der Waals surface area contributed by atoms with Crippen LogP contribution in [0.25, 0.3) is 33.5 Å². The van der Waals surface area contributed by atoms with Crippen LogP contribution in [0.2, 0.25) is 0 Å². The highest BCUT2D eigenvalue weighted by Gasteiger charge is 2.08. The fourth-order valence-corrected chi connectivity index (χ4v) is 5.64. The normalized spacial score (nSPS) is 12.8. The average Bonchev–Trinajstić information content (AvgIpc) is 3.11. The predicted octanol–water partition coefficient (Wildman–Crippen LogP) is 11.1. The lowest BCUT2D eigenvalue weighted by molar-refractivity contribution is 1.04. The molecule has 3 nitrogen and oxygen atoms in total. The molecule has 0 atom stereocenters. The molecule has 0 N–H and O–H groups in total. The van der Waals surface area contributed by atoms with Crippen molar-refractivity contribution >= 4 is 34.9 Å². The number of fused-ring (bicyclic) bond motifs is 1. The molecule has 0 spiro atoms. The van der Waals surface area contributed by atoms with Crippen molar-refractivity contribution in [1.82, 2.24) is 4.98 Å². The Kier molecular flexibility index (Phi) is 11.2. The van der Waals surface area contributed by atoms with Gasteiger partial charge in [-0.1, -0.05) is 128 Å². The first-order valence-corrected chi connectivity index (χ1v) is 15.9. The Morgan fingerprint density at radius 2 is 1.67 bits per heavy atom. The average molecular weight is 600 g/mol. The van der Waals surface area contributed by atoms with E-state index in [0.29, 0.717) is 13.0 Å². The van der Waals surface area contributed by atoms with Crippen molar-refractivity contribution in [1.29, 1.82) is 0 Å². The summed E-state index contributed by atoms with van der Waals surface area (Å²) in [6.45, 7) is 10.8. The van der Waals surface area contributed by atoms with Gasteiger partial charge in [0.25, 0.3) is 0 Å². The van der Waals surface area contributed by atoms with Crippen molar-refractivity contribution in [3.05, 3.63) is 173 Å². The van der Waals surface area contributed by atoms with Crippen molar-refractivity contribution in [2.75, 3.05) is 0 Å². The van der Waals surface area contributed by atoms with Crippen LogP contribution in [0.4, 0.5) is 0 Å². The van der Waals surface area contributed by atoms with Gasteiger partial charge in [-0.15, -0.1) is 0 Å². The summed E-state index contributed by atoms with van der Waals surface area (Å²) in [5.41, 5.74) is 11.1. The molecule has 0 saturated heterocycles. The number of aliphatic imine (C=N–C) groups is 2. The first-order chi connectivity index (χ1) is 22.6. The predicted molar refractivity (Wildman–Crippen MR) is 199 cm³/mol. The molecule has 46 heavy (non-hydrogen) atoms. The summed E-state index contributed by atoms with van der Waals surface area (Å²) in [7, 11) is 0. The third kappa shape index (κ3) is 7.99. The number of allylic oxidation sites excluding steroid dienone is 6. The highest BCUT2D eigenvalue weighted by atomic mass is 14.8. The van der Waals surface area contributed by atoms with Gasteiger partial charge in [0.2, 0.25) is 0 Å². The summed E-state index contributed by atoms with van der Waals surface area (Å²) in [4.78, 5) is 13.9. The van der Waals surface area contributed by atoms with Crippen LogP contribution in [0.15, 0.2) is 156 Å². The van der Waals surface area contributed by atoms with Crippen LogP contribution in [0.1, 0.15) is 55.0 Å². The summed E-state index contributed by atoms with van der Waals surface area (Å²) < 4.78 is 0. The molecule has 3 heteroatoms. The highest BCUT2D eigenvalue weighted by Crippen LogP contribution is 2.29. The van der Waals surface area contributed by atoms with E-state index < -0.39 is 0 Å². The molecule has 1 heterocycles. The van der Waals surface area contributed by atoms with Gasteiger partial charge in [-0.3, -0.25) is 15.0 Å². The van der Waals surface area contributed by atoms with E-state index in [2.05, 4.69) is 152 Å². The lowest BCUT2D eigenvalue weighted by Crippen LogP contribution is -2.01. The second-order valence-electron chi connectivity index (χ2n) is 11.1. The second kappa shape index (κ2) is 16.1. The Balaban J connectivity index is 1.52. The summed E-state index contributed by atoms with van der Waals surface area (Å²) in [5, 5.41) is 2.48. The topological polar surface area (TPSA) is 37.6 Å². The van der Waals surface area contributed by atoms with Gasteiger partial charge >= 0.3 is 0 Å². The Morgan fingerprint density at radius 3 is 2.41 bits per heavy atom. The van der Waals surface area contributed by atoms with Gasteiger partial charge in [-0.25, -0.2) is 0 Å². The zero-order valence-electron chi connectivity index (χ0n) is 27.0. The Morgan fingerprint density at radius 1 is 0.848 bits per heavy atom. The van der Waals surface area contributed by atoms with Gasteiger partial charge < -0.3 is 0 Å². The van der Waals surface area contributed by atoms with Crippen molar-refractivity contribution in [2.24, 2.45) is 9.98 Å². The molecule has 0 unspecified atom stereocenters. The summed E-state index contributed by atoms with van der Waals surface area (Å²) >= 11 is 0. The molecule has 228 valence electrons. The number of pyridine rings is 1. The summed E-state index contributed by atoms with van der Waals surface area (Å²) in [6.07, 6.45) is 17.9. The minimum Gasteiger partial charge on any atom is -0.280 e. The smallest absolute Gasteiger partial charge is 0.0668 e. The Hall–Kier alpha value is -5.41. The zero-order chi connectivity index (χ0) is 32.1. The van der Waals surface area contributed by atoms with Crippen LogP contribution in [0.5, 0.6) is 0 Å². The van der Waals surface area contributed by atoms with Crippen LogP contribution in [0, 0.1) is 0 Å². The minimum atomic E-state index is 0.569. The maximum absolute atomic E-state index is 5.17. The van der Waals surface area contributed by atoms with Crippen molar-refractivity contribution < 1.29 is 0 Å². The number of hydrogen-bond donors (Lipinski definition) is 0. The molecular weight excluding hydrogens is 558 g/mol. The van der Waals surface area contributed by atoms with Gasteiger partial charge in [0.1, 0.15) is 0 Å². The van der Waals surface area contributed by atoms with Gasteiger partial charge in [-0.2, -0.15) is 0 Å². The van der Waals surface area contributed by atoms with E-state index in [4.69, 9.17) is 4.99 Å². The Bertz CT molecular complexity index is 1930. The lowest BCUT2D eigenvalue weighted by atomic mass is 9.96. The second-order valence-corrected chi connectivity index (χ2v) is 11.1. The van der Waals surface area contributed by atoms with Crippen LogP contribution >= 0.6 is 0 Å². The van der Waals surface area contributed by atoms with Crippen molar-refractivity contribution in [2.45, 2.75) is 40.2 Å². The quantitative estimate of drug-likeness (QED) is 0.104. The molecule has 5 rings (SSSR count). The number of nitrogens with zero attached hydrogens (tertiary/aromatic N) is 3. The van der Waals surface area contributed by atoms with Crippen LogP contribution < -0.4 is 0 Å². The van der Waals surface area contributed by atoms with E-state index in [9.17, 15) is 0 Å². The van der Waals surface area contributed by atoms with E-state index in [-0.39, 0.29) is 0 Å². The number of aromatic nitrogens is 1. The SMILES string of the molecule is C=N/C(=C\C(=N/Cc1ccc(/C=C\C)c(CC)c1)c1ccc(-c2cccc3ccccc23)cc1)C/C=C(\C=C/C)c1cccnc1. The van der Waals surface area contributed by atoms with Gasteiger partial charge in [0.15, 0.2) is 0 Å². The third-order valence-corrected chi connectivity index (χ3v) is 8.03. The molecule has 0 radical (unpaired) electrons. The fourth-order valence-electron chi connectivity index (χ4n) is 5.64. The highest BCUT2D eigenvalue weighted by molar-refractivity contribution is 6.09. The van der Waals surface area contributed by atoms with Gasteiger partial charge in [0.05, 0.1) is 12.3 Å². The monoisotopic (exact) mass is 599 g/mol. The number of hydrogen-bond acceptors (Lipinski definition) is 3. The van der Waals surface area contributed by atoms with Gasteiger partial charge in [0, 0.05) is 24.5 Å². The van der Waals surface area contributed by atoms with Crippen LogP contribution in [-0.4, -0.2) is 17.4 Å². The van der Waals surface area contributed by atoms with E-state index in [1.807, 2.05) is 25.3 Å². The first kappa shape index (κ1) is 32.0. The molecule has 0 saturated carbocycles. The molecular formula is C43H41N3. The van der Waals surface area contributed by atoms with E-state index in [1.54, 1.807) is 6.20 Å². The fraction of sp³-hybridized carbons (Fsp3) is 0.140. The van der Waals surface area contributed by atoms with E-state index in [1.165, 1.54) is 38.6 Å². The molecule has 0 bridgehead atoms.